The zero-order valence-electron chi connectivity index (χ0n) is 26.7. The molecule has 2 amide bonds. The van der Waals surface area contributed by atoms with Crippen molar-refractivity contribution in [2.75, 3.05) is 39.3 Å². The number of ether oxygens (including phenoxy) is 4. The molecule has 3 aromatic carbocycles. The molecule has 0 heterocycles. The highest BCUT2D eigenvalue weighted by atomic mass is 35.5. The number of benzene rings is 3. The second kappa shape index (κ2) is 14.7. The van der Waals surface area contributed by atoms with Crippen molar-refractivity contribution < 1.29 is 37.0 Å². The second-order valence-corrected chi connectivity index (χ2v) is 13.4. The van der Waals surface area contributed by atoms with Gasteiger partial charge in [0.1, 0.15) is 24.1 Å². The van der Waals surface area contributed by atoms with Gasteiger partial charge in [-0.15, -0.1) is 0 Å². The van der Waals surface area contributed by atoms with Crippen molar-refractivity contribution in [2.45, 2.75) is 50.7 Å². The van der Waals surface area contributed by atoms with Crippen LogP contribution in [0.15, 0.2) is 65.6 Å². The Labute approximate surface area is 270 Å². The Hall–Kier alpha value is -4.16. The summed E-state index contributed by atoms with van der Waals surface area (Å²) < 4.78 is 51.2. The average molecular weight is 662 g/mol. The van der Waals surface area contributed by atoms with Gasteiger partial charge in [0.15, 0.2) is 11.5 Å². The Morgan fingerprint density at radius 2 is 1.44 bits per heavy atom. The Bertz CT molecular complexity index is 1610. The molecule has 0 aliphatic rings. The SMILES string of the molecule is COc1ccc(OC)c(N(CC(=O)N(Cc2ccc(Cl)cc2)[C@H](C)C(=O)NC(C)(C)C)S(=O)(=O)c2ccc(OC)c(OC)c2)c1. The van der Waals surface area contributed by atoms with Crippen LogP contribution in [0.4, 0.5) is 5.69 Å². The van der Waals surface area contributed by atoms with Gasteiger partial charge in [0.05, 0.1) is 39.0 Å². The van der Waals surface area contributed by atoms with Crippen molar-refractivity contribution in [1.82, 2.24) is 10.2 Å². The molecule has 0 saturated heterocycles. The van der Waals surface area contributed by atoms with Crippen LogP contribution in [0, 0.1) is 0 Å². The third-order valence-corrected chi connectivity index (χ3v) is 8.82. The number of anilines is 1. The number of halogens is 1. The van der Waals surface area contributed by atoms with E-state index >= 15 is 0 Å². The van der Waals surface area contributed by atoms with Crippen molar-refractivity contribution in [3.8, 4) is 23.0 Å². The van der Waals surface area contributed by atoms with E-state index in [-0.39, 0.29) is 28.6 Å². The van der Waals surface area contributed by atoms with Crippen molar-refractivity contribution >= 4 is 39.1 Å². The number of sulfonamides is 1. The standard InChI is InChI=1S/C32H40ClN3O8S/c1-21(31(38)34-32(2,3)4)35(19-22-9-11-23(33)12-10-22)30(37)20-36(26-17-24(41-5)13-15-27(26)42-6)45(39,40)25-14-16-28(43-7)29(18-25)44-8/h9-18,21H,19-20H2,1-8H3,(H,34,38)/t21-/m1/s1. The van der Waals surface area contributed by atoms with Crippen LogP contribution in [-0.2, 0) is 26.2 Å². The molecule has 3 aromatic rings. The van der Waals surface area contributed by atoms with Gasteiger partial charge in [-0.05, 0) is 69.7 Å². The van der Waals surface area contributed by atoms with E-state index in [2.05, 4.69) is 5.32 Å². The number of hydrogen-bond acceptors (Lipinski definition) is 8. The first-order chi connectivity index (χ1) is 21.1. The van der Waals surface area contributed by atoms with Gasteiger partial charge in [0.2, 0.25) is 11.8 Å². The Kier molecular flexibility index (Phi) is 11.6. The van der Waals surface area contributed by atoms with Gasteiger partial charge >= 0.3 is 0 Å². The molecule has 1 atom stereocenters. The lowest BCUT2D eigenvalue weighted by Gasteiger charge is -2.34. The normalized spacial score (nSPS) is 12.1. The van der Waals surface area contributed by atoms with Crippen LogP contribution < -0.4 is 28.6 Å². The van der Waals surface area contributed by atoms with Crippen molar-refractivity contribution in [3.63, 3.8) is 0 Å². The highest BCUT2D eigenvalue weighted by Crippen LogP contribution is 2.38. The minimum absolute atomic E-state index is 0.00816. The quantitative estimate of drug-likeness (QED) is 0.274. The summed E-state index contributed by atoms with van der Waals surface area (Å²) in [5.74, 6) is -0.0317. The van der Waals surface area contributed by atoms with Gasteiger partial charge in [-0.2, -0.15) is 0 Å². The summed E-state index contributed by atoms with van der Waals surface area (Å²) in [5, 5.41) is 3.41. The molecule has 0 aromatic heterocycles. The topological polar surface area (TPSA) is 124 Å². The molecule has 45 heavy (non-hydrogen) atoms. The number of amides is 2. The number of hydrogen-bond donors (Lipinski definition) is 1. The molecule has 0 aliphatic heterocycles. The number of nitrogens with zero attached hydrogens (tertiary/aromatic N) is 2. The van der Waals surface area contributed by atoms with Crippen LogP contribution >= 0.6 is 11.6 Å². The molecule has 3 rings (SSSR count). The lowest BCUT2D eigenvalue weighted by atomic mass is 10.1. The molecule has 0 unspecified atom stereocenters. The maximum Gasteiger partial charge on any atom is 0.265 e. The van der Waals surface area contributed by atoms with Crippen LogP contribution in [0.1, 0.15) is 33.3 Å². The first-order valence-electron chi connectivity index (χ1n) is 14.0. The summed E-state index contributed by atoms with van der Waals surface area (Å²) in [6, 6.07) is 14.6. The first-order valence-corrected chi connectivity index (χ1v) is 15.8. The molecule has 0 saturated carbocycles. The molecule has 0 aliphatic carbocycles. The van der Waals surface area contributed by atoms with Gasteiger partial charge in [-0.3, -0.25) is 13.9 Å². The fourth-order valence-electron chi connectivity index (χ4n) is 4.45. The van der Waals surface area contributed by atoms with E-state index in [0.717, 1.165) is 4.31 Å². The molecule has 0 fully saturated rings. The molecular formula is C32H40ClN3O8S. The van der Waals surface area contributed by atoms with Gasteiger partial charge < -0.3 is 29.2 Å². The van der Waals surface area contributed by atoms with Gasteiger partial charge in [-0.25, -0.2) is 8.42 Å². The summed E-state index contributed by atoms with van der Waals surface area (Å²) in [7, 11) is 1.20. The summed E-state index contributed by atoms with van der Waals surface area (Å²) in [4.78, 5) is 28.7. The number of carbonyl (C=O) groups excluding carboxylic acids is 2. The van der Waals surface area contributed by atoms with E-state index in [0.29, 0.717) is 22.1 Å². The molecule has 0 bridgehead atoms. The summed E-state index contributed by atoms with van der Waals surface area (Å²) in [5.41, 5.74) is 0.173. The summed E-state index contributed by atoms with van der Waals surface area (Å²) >= 11 is 6.08. The Morgan fingerprint density at radius 1 is 0.844 bits per heavy atom. The summed E-state index contributed by atoms with van der Waals surface area (Å²) in [6.07, 6.45) is 0. The number of nitrogens with one attached hydrogen (secondary N) is 1. The largest absolute Gasteiger partial charge is 0.497 e. The van der Waals surface area contributed by atoms with Crippen molar-refractivity contribution in [2.24, 2.45) is 0 Å². The molecule has 1 N–H and O–H groups in total. The van der Waals surface area contributed by atoms with Crippen molar-refractivity contribution in [3.05, 3.63) is 71.2 Å². The number of methoxy groups -OCH3 is 4. The third-order valence-electron chi connectivity index (χ3n) is 6.81. The minimum Gasteiger partial charge on any atom is -0.497 e. The van der Waals surface area contributed by atoms with Gasteiger partial charge in [-0.1, -0.05) is 23.7 Å². The zero-order chi connectivity index (χ0) is 33.5. The van der Waals surface area contributed by atoms with E-state index in [9.17, 15) is 18.0 Å². The van der Waals surface area contributed by atoms with E-state index in [1.807, 2.05) is 20.8 Å². The van der Waals surface area contributed by atoms with Crippen LogP contribution in [0.25, 0.3) is 0 Å². The highest BCUT2D eigenvalue weighted by Gasteiger charge is 2.35. The van der Waals surface area contributed by atoms with Gasteiger partial charge in [0.25, 0.3) is 10.0 Å². The minimum atomic E-state index is -4.45. The molecule has 244 valence electrons. The fourth-order valence-corrected chi connectivity index (χ4v) is 6.01. The smallest absolute Gasteiger partial charge is 0.265 e. The maximum atomic E-state index is 14.4. The molecular weight excluding hydrogens is 622 g/mol. The predicted molar refractivity (Wildman–Crippen MR) is 173 cm³/mol. The Morgan fingerprint density at radius 3 is 2.00 bits per heavy atom. The fraction of sp³-hybridized carbons (Fsp3) is 0.375. The molecule has 0 spiro atoms. The lowest BCUT2D eigenvalue weighted by Crippen LogP contribution is -2.54. The monoisotopic (exact) mass is 661 g/mol. The van der Waals surface area contributed by atoms with Crippen LogP contribution in [0.5, 0.6) is 23.0 Å². The second-order valence-electron chi connectivity index (χ2n) is 11.1. The maximum absolute atomic E-state index is 14.4. The van der Waals surface area contributed by atoms with E-state index in [1.165, 1.54) is 57.6 Å². The molecule has 0 radical (unpaired) electrons. The van der Waals surface area contributed by atoms with Gasteiger partial charge in [0, 0.05) is 29.2 Å². The average Bonchev–Trinajstić information content (AvgIpc) is 3.01. The van der Waals surface area contributed by atoms with Crippen molar-refractivity contribution in [1.29, 1.82) is 0 Å². The van der Waals surface area contributed by atoms with E-state index in [4.69, 9.17) is 30.5 Å². The highest BCUT2D eigenvalue weighted by molar-refractivity contribution is 7.92. The number of rotatable bonds is 13. The number of carbonyl (C=O) groups is 2. The van der Waals surface area contributed by atoms with Crippen LogP contribution in [-0.4, -0.2) is 71.7 Å². The zero-order valence-corrected chi connectivity index (χ0v) is 28.3. The van der Waals surface area contributed by atoms with Crippen LogP contribution in [0.2, 0.25) is 5.02 Å². The Balaban J connectivity index is 2.17. The molecule has 11 nitrogen and oxygen atoms in total. The third kappa shape index (κ3) is 8.73. The first kappa shape index (κ1) is 35.3. The summed E-state index contributed by atoms with van der Waals surface area (Å²) in [6.45, 7) is 6.41. The molecule has 13 heteroatoms. The van der Waals surface area contributed by atoms with E-state index in [1.54, 1.807) is 43.3 Å². The lowest BCUT2D eigenvalue weighted by molar-refractivity contribution is -0.140. The predicted octanol–water partition coefficient (Wildman–Crippen LogP) is 4.90. The van der Waals surface area contributed by atoms with Crippen LogP contribution in [0.3, 0.4) is 0 Å². The van der Waals surface area contributed by atoms with E-state index < -0.39 is 40.0 Å².